The van der Waals surface area contributed by atoms with Gasteiger partial charge in [-0.05, 0) is 53.9 Å². The van der Waals surface area contributed by atoms with E-state index in [2.05, 4.69) is 54.8 Å². The largest absolute Gasteiger partial charge is 0.377 e. The predicted octanol–water partition coefficient (Wildman–Crippen LogP) is 3.90. The van der Waals surface area contributed by atoms with Crippen molar-refractivity contribution in [1.82, 2.24) is 20.1 Å². The Morgan fingerprint density at radius 1 is 1.39 bits per heavy atom. The number of hydrogen-bond acceptors (Lipinski definition) is 7. The van der Waals surface area contributed by atoms with Crippen LogP contribution in [0.25, 0.3) is 0 Å². The van der Waals surface area contributed by atoms with E-state index in [1.165, 1.54) is 16.9 Å². The molecule has 5 rings (SSSR count). The fraction of sp³-hybridized carbons (Fsp3) is 0.435. The summed E-state index contributed by atoms with van der Waals surface area (Å²) < 4.78 is 8.55. The first kappa shape index (κ1) is 22.4. The number of nitrogens with one attached hydrogen (secondary N) is 2. The summed E-state index contributed by atoms with van der Waals surface area (Å²) in [5.41, 5.74) is 2.85. The SMILES string of the molecule is Cn1ncc(Br)c1Nc1cccc(CC2COCCN2c2nc3c(s2)C(=O)NC(C)(C)C3)c1. The van der Waals surface area contributed by atoms with Gasteiger partial charge in [0.15, 0.2) is 5.13 Å². The second-order valence-corrected chi connectivity index (χ2v) is 11.0. The summed E-state index contributed by atoms with van der Waals surface area (Å²) in [5, 5.41) is 11.7. The number of ether oxygens (including phenoxy) is 1. The molecule has 0 saturated carbocycles. The first-order valence-electron chi connectivity index (χ1n) is 11.0. The predicted molar refractivity (Wildman–Crippen MR) is 134 cm³/mol. The summed E-state index contributed by atoms with van der Waals surface area (Å²) in [6, 6.07) is 8.56. The van der Waals surface area contributed by atoms with Crippen molar-refractivity contribution < 1.29 is 9.53 Å². The van der Waals surface area contributed by atoms with Crippen molar-refractivity contribution in [3.63, 3.8) is 0 Å². The molecule has 2 aliphatic heterocycles. The minimum absolute atomic E-state index is 0.0186. The highest BCUT2D eigenvalue weighted by Crippen LogP contribution is 2.34. The topological polar surface area (TPSA) is 84.3 Å². The maximum absolute atomic E-state index is 12.6. The van der Waals surface area contributed by atoms with Crippen LogP contribution < -0.4 is 15.5 Å². The van der Waals surface area contributed by atoms with Crippen molar-refractivity contribution >= 4 is 49.8 Å². The Hall–Kier alpha value is -2.43. The van der Waals surface area contributed by atoms with Gasteiger partial charge in [0.1, 0.15) is 10.7 Å². The molecule has 174 valence electrons. The van der Waals surface area contributed by atoms with Gasteiger partial charge >= 0.3 is 0 Å². The number of aromatic nitrogens is 3. The normalized spacial score (nSPS) is 19.8. The van der Waals surface area contributed by atoms with Gasteiger partial charge in [0, 0.05) is 31.2 Å². The number of benzene rings is 1. The van der Waals surface area contributed by atoms with Gasteiger partial charge in [-0.15, -0.1) is 0 Å². The highest BCUT2D eigenvalue weighted by atomic mass is 79.9. The lowest BCUT2D eigenvalue weighted by molar-refractivity contribution is 0.0900. The minimum Gasteiger partial charge on any atom is -0.377 e. The quantitative estimate of drug-likeness (QED) is 0.520. The molecule has 0 spiro atoms. The molecule has 33 heavy (non-hydrogen) atoms. The number of rotatable bonds is 5. The fourth-order valence-corrected chi connectivity index (χ4v) is 5.92. The number of thiazole rings is 1. The summed E-state index contributed by atoms with van der Waals surface area (Å²) in [7, 11) is 1.91. The van der Waals surface area contributed by atoms with Crippen molar-refractivity contribution in [1.29, 1.82) is 0 Å². The zero-order chi connectivity index (χ0) is 23.2. The summed E-state index contributed by atoms with van der Waals surface area (Å²) in [5.74, 6) is 0.888. The maximum Gasteiger partial charge on any atom is 0.263 e. The Morgan fingerprint density at radius 3 is 3.03 bits per heavy atom. The molecule has 0 radical (unpaired) electrons. The number of aryl methyl sites for hydroxylation is 1. The second-order valence-electron chi connectivity index (χ2n) is 9.20. The van der Waals surface area contributed by atoms with Gasteiger partial charge in [-0.25, -0.2) is 4.98 Å². The molecule has 1 saturated heterocycles. The molecule has 2 aliphatic rings. The zero-order valence-corrected chi connectivity index (χ0v) is 21.3. The van der Waals surface area contributed by atoms with E-state index in [4.69, 9.17) is 9.72 Å². The molecule has 0 bridgehead atoms. The molecule has 1 fully saturated rings. The van der Waals surface area contributed by atoms with Gasteiger partial charge in [-0.3, -0.25) is 9.48 Å². The number of carbonyl (C=O) groups excluding carboxylic acids is 1. The Balaban J connectivity index is 1.36. The molecule has 8 nitrogen and oxygen atoms in total. The highest BCUT2D eigenvalue weighted by Gasteiger charge is 2.35. The second kappa shape index (κ2) is 8.73. The van der Waals surface area contributed by atoms with Crippen molar-refractivity contribution in [2.24, 2.45) is 7.05 Å². The average Bonchev–Trinajstić information content (AvgIpc) is 3.32. The van der Waals surface area contributed by atoms with Gasteiger partial charge in [0.2, 0.25) is 0 Å². The molecule has 1 atom stereocenters. The van der Waals surface area contributed by atoms with Crippen LogP contribution in [0.15, 0.2) is 34.9 Å². The smallest absolute Gasteiger partial charge is 0.263 e. The molecule has 2 N–H and O–H groups in total. The number of amides is 1. The third kappa shape index (κ3) is 4.64. The number of morpholine rings is 1. The van der Waals surface area contributed by atoms with E-state index < -0.39 is 0 Å². The third-order valence-electron chi connectivity index (χ3n) is 5.98. The maximum atomic E-state index is 12.6. The van der Waals surface area contributed by atoms with Crippen LogP contribution >= 0.6 is 27.3 Å². The Kier molecular flexibility index (Phi) is 5.92. The van der Waals surface area contributed by atoms with Crippen LogP contribution in [-0.2, 0) is 24.6 Å². The van der Waals surface area contributed by atoms with E-state index in [9.17, 15) is 4.79 Å². The number of carbonyl (C=O) groups is 1. The summed E-state index contributed by atoms with van der Waals surface area (Å²) in [6.45, 7) is 6.13. The molecule has 3 aromatic rings. The van der Waals surface area contributed by atoms with Gasteiger partial charge < -0.3 is 20.3 Å². The van der Waals surface area contributed by atoms with E-state index in [0.717, 1.165) is 51.1 Å². The van der Waals surface area contributed by atoms with Gasteiger partial charge in [-0.1, -0.05) is 23.5 Å². The van der Waals surface area contributed by atoms with Crippen LogP contribution in [0, 0.1) is 0 Å². The lowest BCUT2D eigenvalue weighted by Crippen LogP contribution is -2.48. The molecular formula is C23H27BrN6O2S. The Labute approximate surface area is 205 Å². The van der Waals surface area contributed by atoms with Gasteiger partial charge in [-0.2, -0.15) is 5.10 Å². The van der Waals surface area contributed by atoms with Crippen LogP contribution in [0.5, 0.6) is 0 Å². The van der Waals surface area contributed by atoms with Gasteiger partial charge in [0.05, 0.1) is 35.6 Å². The Bertz CT molecular complexity index is 1170. The number of fused-ring (bicyclic) bond motifs is 1. The number of anilines is 3. The molecule has 4 heterocycles. The molecule has 1 amide bonds. The lowest BCUT2D eigenvalue weighted by atomic mass is 9.94. The van der Waals surface area contributed by atoms with E-state index in [1.54, 1.807) is 10.9 Å². The Morgan fingerprint density at radius 2 is 2.24 bits per heavy atom. The lowest BCUT2D eigenvalue weighted by Gasteiger charge is -2.35. The van der Waals surface area contributed by atoms with Crippen LogP contribution in [0.1, 0.15) is 34.8 Å². The number of hydrogen-bond donors (Lipinski definition) is 2. The average molecular weight is 531 g/mol. The third-order valence-corrected chi connectivity index (χ3v) is 7.70. The first-order chi connectivity index (χ1) is 15.8. The van der Waals surface area contributed by atoms with E-state index in [-0.39, 0.29) is 17.5 Å². The number of nitrogens with zero attached hydrogens (tertiary/aromatic N) is 4. The molecule has 0 aliphatic carbocycles. The van der Waals surface area contributed by atoms with Gasteiger partial charge in [0.25, 0.3) is 5.91 Å². The van der Waals surface area contributed by atoms with Crippen molar-refractivity contribution in [3.8, 4) is 0 Å². The summed E-state index contributed by atoms with van der Waals surface area (Å²) in [6.07, 6.45) is 3.35. The molecule has 1 aromatic carbocycles. The highest BCUT2D eigenvalue weighted by molar-refractivity contribution is 9.10. The first-order valence-corrected chi connectivity index (χ1v) is 12.6. The van der Waals surface area contributed by atoms with Crippen LogP contribution in [-0.4, -0.2) is 52.0 Å². The van der Waals surface area contributed by atoms with E-state index >= 15 is 0 Å². The van der Waals surface area contributed by atoms with Crippen LogP contribution in [0.2, 0.25) is 0 Å². The van der Waals surface area contributed by atoms with Crippen molar-refractivity contribution in [2.45, 2.75) is 38.3 Å². The van der Waals surface area contributed by atoms with E-state index in [0.29, 0.717) is 13.2 Å². The molecule has 1 unspecified atom stereocenters. The van der Waals surface area contributed by atoms with E-state index in [1.807, 2.05) is 27.0 Å². The fourth-order valence-electron chi connectivity index (χ4n) is 4.40. The minimum atomic E-state index is -0.268. The summed E-state index contributed by atoms with van der Waals surface area (Å²) >= 11 is 5.03. The van der Waals surface area contributed by atoms with Crippen LogP contribution in [0.3, 0.4) is 0 Å². The van der Waals surface area contributed by atoms with Crippen molar-refractivity contribution in [3.05, 3.63) is 51.1 Å². The molecule has 10 heteroatoms. The molecular weight excluding hydrogens is 504 g/mol. The van der Waals surface area contributed by atoms with Crippen molar-refractivity contribution in [2.75, 3.05) is 30.0 Å². The standard InChI is InChI=1S/C23H27BrN6O2S/c1-23(2)11-18-19(21(31)28-23)33-22(27-18)30-7-8-32-13-16(30)10-14-5-4-6-15(9-14)26-20-17(24)12-25-29(20)3/h4-6,9,12,16,26H,7-8,10-11,13H2,1-3H3,(H,28,31). The van der Waals surface area contributed by atoms with Crippen LogP contribution in [0.4, 0.5) is 16.6 Å². The zero-order valence-electron chi connectivity index (χ0n) is 18.9. The monoisotopic (exact) mass is 530 g/mol. The molecule has 2 aromatic heterocycles. The summed E-state index contributed by atoms with van der Waals surface area (Å²) in [4.78, 5) is 20.5. The number of halogens is 1.